The zero-order valence-electron chi connectivity index (χ0n) is 37.1. The number of esters is 2. The van der Waals surface area contributed by atoms with Gasteiger partial charge < -0.3 is 39.9 Å². The molecule has 0 aromatic carbocycles. The zero-order valence-corrected chi connectivity index (χ0v) is 38.0. The van der Waals surface area contributed by atoms with Crippen molar-refractivity contribution in [1.29, 1.82) is 0 Å². The van der Waals surface area contributed by atoms with Gasteiger partial charge in [-0.25, -0.2) is 4.57 Å². The molecule has 1 aliphatic carbocycles. The molecule has 1 aliphatic rings. The Bertz CT molecular complexity index is 1050. The van der Waals surface area contributed by atoms with Gasteiger partial charge in [0.15, 0.2) is 6.10 Å². The van der Waals surface area contributed by atoms with Crippen LogP contribution in [0.2, 0.25) is 0 Å². The number of unbranched alkanes of at least 4 members (excludes halogenated alkanes) is 28. The lowest BCUT2D eigenvalue weighted by molar-refractivity contribution is -0.220. The van der Waals surface area contributed by atoms with E-state index in [0.29, 0.717) is 12.8 Å². The Morgan fingerprint density at radius 2 is 0.763 bits per heavy atom. The van der Waals surface area contributed by atoms with Gasteiger partial charge in [0.25, 0.3) is 0 Å². The average molecular weight is 867 g/mol. The normalized spacial score (nSPS) is 22.2. The van der Waals surface area contributed by atoms with E-state index in [0.717, 1.165) is 51.4 Å². The van der Waals surface area contributed by atoms with Crippen LogP contribution in [0.25, 0.3) is 0 Å². The molecule has 1 fully saturated rings. The molecule has 350 valence electrons. The van der Waals surface area contributed by atoms with Crippen molar-refractivity contribution in [1.82, 2.24) is 0 Å². The minimum atomic E-state index is -5.10. The van der Waals surface area contributed by atoms with Crippen LogP contribution in [-0.2, 0) is 32.7 Å². The first kappa shape index (κ1) is 55.9. The highest BCUT2D eigenvalue weighted by molar-refractivity contribution is 7.47. The van der Waals surface area contributed by atoms with Gasteiger partial charge in [-0.2, -0.15) is 0 Å². The quantitative estimate of drug-likeness (QED) is 0.0193. The summed E-state index contributed by atoms with van der Waals surface area (Å²) < 4.78 is 33.4. The van der Waals surface area contributed by atoms with Gasteiger partial charge in [0.1, 0.15) is 43.2 Å². The highest BCUT2D eigenvalue weighted by Crippen LogP contribution is 2.47. The maximum atomic E-state index is 12.8. The number of carbonyl (C=O) groups is 2. The van der Waals surface area contributed by atoms with E-state index in [-0.39, 0.29) is 12.8 Å². The minimum Gasteiger partial charge on any atom is -0.462 e. The van der Waals surface area contributed by atoms with Crippen molar-refractivity contribution >= 4 is 19.8 Å². The molecular formula is C45H87O13P. The van der Waals surface area contributed by atoms with Crippen LogP contribution in [0.15, 0.2) is 0 Å². The van der Waals surface area contributed by atoms with Crippen LogP contribution in [0.1, 0.15) is 219 Å². The Hall–Kier alpha value is -1.15. The fourth-order valence-corrected chi connectivity index (χ4v) is 8.56. The smallest absolute Gasteiger partial charge is 0.462 e. The van der Waals surface area contributed by atoms with Crippen LogP contribution >= 0.6 is 7.82 Å². The van der Waals surface area contributed by atoms with Crippen molar-refractivity contribution in [3.05, 3.63) is 0 Å². The first-order valence-electron chi connectivity index (χ1n) is 23.8. The van der Waals surface area contributed by atoms with Crippen molar-refractivity contribution < 1.29 is 63.1 Å². The molecule has 8 atom stereocenters. The molecule has 14 heteroatoms. The largest absolute Gasteiger partial charge is 0.472 e. The van der Waals surface area contributed by atoms with Crippen molar-refractivity contribution in [2.24, 2.45) is 0 Å². The third-order valence-electron chi connectivity index (χ3n) is 11.4. The number of aliphatic hydroxyl groups excluding tert-OH is 5. The summed E-state index contributed by atoms with van der Waals surface area (Å²) in [6.45, 7) is 3.26. The molecule has 0 amide bonds. The van der Waals surface area contributed by atoms with Crippen molar-refractivity contribution in [3.8, 4) is 0 Å². The molecule has 0 saturated heterocycles. The van der Waals surface area contributed by atoms with Gasteiger partial charge in [-0.15, -0.1) is 0 Å². The second kappa shape index (κ2) is 36.3. The van der Waals surface area contributed by atoms with Gasteiger partial charge in [0, 0.05) is 12.8 Å². The Balaban J connectivity index is 2.27. The Kier molecular flexibility index (Phi) is 34.4. The first-order chi connectivity index (χ1) is 28.4. The molecule has 6 N–H and O–H groups in total. The Morgan fingerprint density at radius 3 is 1.12 bits per heavy atom. The SMILES string of the molecule is CCCCCCCCCCCCCCCCCCCCCCCCCC(=O)OC[C@@H](COP(=O)(O)OC1C(O)C(O)C(O)[C@H](O)C1O)OC(=O)CCCCCCCCC. The molecule has 0 aromatic rings. The molecule has 6 unspecified atom stereocenters. The maximum Gasteiger partial charge on any atom is 0.472 e. The average Bonchev–Trinajstić information content (AvgIpc) is 3.21. The van der Waals surface area contributed by atoms with Crippen molar-refractivity contribution in [2.45, 2.75) is 262 Å². The second-order valence-electron chi connectivity index (χ2n) is 17.0. The van der Waals surface area contributed by atoms with Crippen LogP contribution < -0.4 is 0 Å². The first-order valence-corrected chi connectivity index (χ1v) is 25.3. The lowest BCUT2D eigenvalue weighted by atomic mass is 9.85. The highest BCUT2D eigenvalue weighted by atomic mass is 31.2. The molecule has 0 heterocycles. The van der Waals surface area contributed by atoms with E-state index in [4.69, 9.17) is 18.5 Å². The summed E-state index contributed by atoms with van der Waals surface area (Å²) in [5.74, 6) is -1.09. The van der Waals surface area contributed by atoms with E-state index in [1.54, 1.807) is 0 Å². The number of aliphatic hydroxyl groups is 5. The predicted octanol–water partition coefficient (Wildman–Crippen LogP) is 9.28. The Morgan fingerprint density at radius 1 is 0.458 bits per heavy atom. The fourth-order valence-electron chi connectivity index (χ4n) is 7.58. The van der Waals surface area contributed by atoms with Crippen molar-refractivity contribution in [2.75, 3.05) is 13.2 Å². The van der Waals surface area contributed by atoms with E-state index in [1.165, 1.54) is 128 Å². The van der Waals surface area contributed by atoms with Gasteiger partial charge in [0.2, 0.25) is 0 Å². The van der Waals surface area contributed by atoms with Gasteiger partial charge in [0.05, 0.1) is 6.61 Å². The van der Waals surface area contributed by atoms with E-state index in [2.05, 4.69) is 13.8 Å². The third kappa shape index (κ3) is 29.0. The molecule has 0 radical (unpaired) electrons. The third-order valence-corrected chi connectivity index (χ3v) is 12.4. The van der Waals surface area contributed by atoms with E-state index in [9.17, 15) is 44.6 Å². The van der Waals surface area contributed by atoms with Gasteiger partial charge in [-0.05, 0) is 12.8 Å². The second-order valence-corrected chi connectivity index (χ2v) is 18.4. The number of carbonyl (C=O) groups excluding carboxylic acids is 2. The van der Waals surface area contributed by atoms with Crippen LogP contribution in [0.4, 0.5) is 0 Å². The van der Waals surface area contributed by atoms with Crippen LogP contribution in [0.3, 0.4) is 0 Å². The summed E-state index contributed by atoms with van der Waals surface area (Å²) in [6, 6.07) is 0. The number of hydrogen-bond donors (Lipinski definition) is 6. The Labute approximate surface area is 357 Å². The van der Waals surface area contributed by atoms with Gasteiger partial charge in [-0.1, -0.05) is 194 Å². The van der Waals surface area contributed by atoms with E-state index >= 15 is 0 Å². The lowest BCUT2D eigenvalue weighted by Crippen LogP contribution is -2.64. The molecule has 59 heavy (non-hydrogen) atoms. The maximum absolute atomic E-state index is 12.8. The fraction of sp³-hybridized carbons (Fsp3) is 0.956. The van der Waals surface area contributed by atoms with Crippen LogP contribution in [-0.4, -0.2) is 98.3 Å². The molecule has 0 bridgehead atoms. The summed E-state index contributed by atoms with van der Waals surface area (Å²) in [5.41, 5.74) is 0. The molecular weight excluding hydrogens is 779 g/mol. The number of rotatable bonds is 40. The molecule has 0 aliphatic heterocycles. The molecule has 1 rings (SSSR count). The van der Waals surface area contributed by atoms with Crippen LogP contribution in [0, 0.1) is 0 Å². The minimum absolute atomic E-state index is 0.101. The lowest BCUT2D eigenvalue weighted by Gasteiger charge is -2.41. The summed E-state index contributed by atoms with van der Waals surface area (Å²) in [4.78, 5) is 35.5. The summed E-state index contributed by atoms with van der Waals surface area (Å²) in [5, 5.41) is 50.0. The van der Waals surface area contributed by atoms with Gasteiger partial charge in [-0.3, -0.25) is 18.6 Å². The summed E-state index contributed by atoms with van der Waals surface area (Å²) in [7, 11) is -5.10. The molecule has 0 spiro atoms. The van der Waals surface area contributed by atoms with Crippen molar-refractivity contribution in [3.63, 3.8) is 0 Å². The topological polar surface area (TPSA) is 210 Å². The number of ether oxygens (including phenoxy) is 2. The van der Waals surface area contributed by atoms with Crippen LogP contribution in [0.5, 0.6) is 0 Å². The van der Waals surface area contributed by atoms with E-state index < -0.39 is 75.7 Å². The molecule has 13 nitrogen and oxygen atoms in total. The number of hydrogen-bond acceptors (Lipinski definition) is 12. The monoisotopic (exact) mass is 867 g/mol. The summed E-state index contributed by atoms with van der Waals surface area (Å²) >= 11 is 0. The van der Waals surface area contributed by atoms with Gasteiger partial charge >= 0.3 is 19.8 Å². The number of phosphoric ester groups is 1. The molecule has 1 saturated carbocycles. The summed E-state index contributed by atoms with van der Waals surface area (Å²) in [6.07, 6.45) is 23.6. The number of phosphoric acid groups is 1. The predicted molar refractivity (Wildman–Crippen MR) is 231 cm³/mol. The van der Waals surface area contributed by atoms with E-state index in [1.807, 2.05) is 0 Å². The highest BCUT2D eigenvalue weighted by Gasteiger charge is 2.51. The molecule has 0 aromatic heterocycles. The standard InChI is InChI=1S/C45H87O13P/c1-3-5-7-9-11-12-13-14-15-16-17-18-19-20-21-22-23-24-25-26-28-29-31-33-38(46)55-35-37(57-39(47)34-32-30-27-10-8-6-4-2)36-56-59(53,54)58-45-43(51)41(49)40(48)42(50)44(45)52/h37,40-45,48-52H,3-36H2,1-2H3,(H,53,54)/t37-,40?,41-,42?,43?,44?,45?/m0/s1. The zero-order chi connectivity index (χ0) is 43.6.